The number of carbonyl (C=O) groups is 1. The summed E-state index contributed by atoms with van der Waals surface area (Å²) in [6, 6.07) is 4.78. The van der Waals surface area contributed by atoms with Crippen LogP contribution in [-0.4, -0.2) is 37.0 Å². The summed E-state index contributed by atoms with van der Waals surface area (Å²) in [6.07, 6.45) is 4.86. The Bertz CT molecular complexity index is 416. The van der Waals surface area contributed by atoms with Crippen LogP contribution in [0.25, 0.3) is 0 Å². The van der Waals surface area contributed by atoms with Crippen molar-refractivity contribution < 1.29 is 4.79 Å². The molecule has 0 atom stereocenters. The van der Waals surface area contributed by atoms with E-state index in [1.54, 1.807) is 0 Å². The van der Waals surface area contributed by atoms with E-state index in [2.05, 4.69) is 24.4 Å². The van der Waals surface area contributed by atoms with Crippen molar-refractivity contribution >= 4 is 29.7 Å². The van der Waals surface area contributed by atoms with Crippen LogP contribution in [0.1, 0.15) is 35.4 Å². The Hall–Kier alpha value is -0.580. The van der Waals surface area contributed by atoms with Crippen molar-refractivity contribution in [1.82, 2.24) is 10.2 Å². The molecule has 1 aromatic rings. The van der Waals surface area contributed by atoms with E-state index in [0.717, 1.165) is 38.8 Å². The Morgan fingerprint density at radius 3 is 2.70 bits per heavy atom. The van der Waals surface area contributed by atoms with Crippen LogP contribution in [0.5, 0.6) is 0 Å². The topological polar surface area (TPSA) is 32.3 Å². The van der Waals surface area contributed by atoms with E-state index in [1.165, 1.54) is 9.75 Å². The quantitative estimate of drug-likeness (QED) is 0.905. The second-order valence-corrected chi connectivity index (χ2v) is 6.72. The summed E-state index contributed by atoms with van der Waals surface area (Å²) in [7, 11) is 1.97. The smallest absolute Gasteiger partial charge is 0.222 e. The van der Waals surface area contributed by atoms with Crippen LogP contribution in [0.2, 0.25) is 0 Å². The van der Waals surface area contributed by atoms with Gasteiger partial charge in [-0.15, -0.1) is 23.7 Å². The molecule has 0 unspecified atom stereocenters. The third-order valence-electron chi connectivity index (χ3n) is 3.86. The fourth-order valence-electron chi connectivity index (χ4n) is 2.61. The molecule has 2 heterocycles. The Morgan fingerprint density at radius 2 is 2.10 bits per heavy atom. The number of aryl methyl sites for hydroxylation is 2. The zero-order valence-electron chi connectivity index (χ0n) is 12.4. The predicted octanol–water partition coefficient (Wildman–Crippen LogP) is 3.01. The zero-order chi connectivity index (χ0) is 13.7. The maximum atomic E-state index is 12.1. The number of amides is 1. The number of hydrogen-bond acceptors (Lipinski definition) is 3. The number of nitrogens with zero attached hydrogens (tertiary/aromatic N) is 1. The maximum absolute atomic E-state index is 12.1. The first-order valence-electron chi connectivity index (χ1n) is 7.18. The van der Waals surface area contributed by atoms with Gasteiger partial charge in [-0.3, -0.25) is 4.79 Å². The molecule has 3 nitrogen and oxygen atoms in total. The highest BCUT2D eigenvalue weighted by Gasteiger charge is 2.21. The number of rotatable bonds is 5. The van der Waals surface area contributed by atoms with Crippen molar-refractivity contribution in [3.63, 3.8) is 0 Å². The molecule has 2 rings (SSSR count). The SMILES string of the molecule is Cc1ccc(CCCC(=O)N(C)C2CCNCC2)s1.Cl. The summed E-state index contributed by atoms with van der Waals surface area (Å²) in [6.45, 7) is 4.21. The molecule has 0 bridgehead atoms. The summed E-state index contributed by atoms with van der Waals surface area (Å²) in [5.41, 5.74) is 0. The number of piperidine rings is 1. The summed E-state index contributed by atoms with van der Waals surface area (Å²) < 4.78 is 0. The Morgan fingerprint density at radius 1 is 1.40 bits per heavy atom. The van der Waals surface area contributed by atoms with Gasteiger partial charge in [-0.05, 0) is 57.8 Å². The van der Waals surface area contributed by atoms with Crippen LogP contribution in [-0.2, 0) is 11.2 Å². The van der Waals surface area contributed by atoms with Crippen LogP contribution in [0.4, 0.5) is 0 Å². The number of carbonyl (C=O) groups excluding carboxylic acids is 1. The van der Waals surface area contributed by atoms with Crippen molar-refractivity contribution in [3.8, 4) is 0 Å². The molecule has 20 heavy (non-hydrogen) atoms. The van der Waals surface area contributed by atoms with Gasteiger partial charge in [0.05, 0.1) is 0 Å². The second kappa shape index (κ2) is 8.65. The third-order valence-corrected chi connectivity index (χ3v) is 4.92. The van der Waals surface area contributed by atoms with Crippen LogP contribution >= 0.6 is 23.7 Å². The van der Waals surface area contributed by atoms with Gasteiger partial charge in [-0.2, -0.15) is 0 Å². The van der Waals surface area contributed by atoms with Gasteiger partial charge < -0.3 is 10.2 Å². The maximum Gasteiger partial charge on any atom is 0.222 e. The fraction of sp³-hybridized carbons (Fsp3) is 0.667. The van der Waals surface area contributed by atoms with E-state index in [1.807, 2.05) is 23.3 Å². The average molecular weight is 317 g/mol. The Balaban J connectivity index is 0.00000200. The van der Waals surface area contributed by atoms with Crippen LogP contribution < -0.4 is 5.32 Å². The van der Waals surface area contributed by atoms with Gasteiger partial charge >= 0.3 is 0 Å². The summed E-state index contributed by atoms with van der Waals surface area (Å²) in [5.74, 6) is 0.306. The molecule has 114 valence electrons. The van der Waals surface area contributed by atoms with Gasteiger partial charge in [-0.1, -0.05) is 0 Å². The van der Waals surface area contributed by atoms with Crippen molar-refractivity contribution in [2.24, 2.45) is 0 Å². The van der Waals surface area contributed by atoms with Gasteiger partial charge in [0.15, 0.2) is 0 Å². The largest absolute Gasteiger partial charge is 0.343 e. The number of nitrogens with one attached hydrogen (secondary N) is 1. The minimum atomic E-state index is 0. The van der Waals surface area contributed by atoms with E-state index < -0.39 is 0 Å². The van der Waals surface area contributed by atoms with Crippen molar-refractivity contribution in [1.29, 1.82) is 0 Å². The third kappa shape index (κ3) is 5.08. The summed E-state index contributed by atoms with van der Waals surface area (Å²) in [5, 5.41) is 3.34. The number of halogens is 1. The molecule has 1 aliphatic heterocycles. The van der Waals surface area contributed by atoms with Crippen molar-refractivity contribution in [2.75, 3.05) is 20.1 Å². The molecule has 0 aliphatic carbocycles. The second-order valence-electron chi connectivity index (χ2n) is 5.35. The van der Waals surface area contributed by atoms with Crippen molar-refractivity contribution in [2.45, 2.75) is 45.1 Å². The minimum Gasteiger partial charge on any atom is -0.343 e. The molecule has 0 spiro atoms. The lowest BCUT2D eigenvalue weighted by Crippen LogP contribution is -2.43. The first-order chi connectivity index (χ1) is 9.16. The molecular formula is C15H25ClN2OS. The van der Waals surface area contributed by atoms with Crippen LogP contribution in [0.15, 0.2) is 12.1 Å². The fourth-order valence-corrected chi connectivity index (χ4v) is 3.54. The van der Waals surface area contributed by atoms with Crippen LogP contribution in [0.3, 0.4) is 0 Å². The monoisotopic (exact) mass is 316 g/mol. The van der Waals surface area contributed by atoms with Crippen molar-refractivity contribution in [3.05, 3.63) is 21.9 Å². The lowest BCUT2D eigenvalue weighted by molar-refractivity contribution is -0.132. The molecule has 1 saturated heterocycles. The molecule has 1 fully saturated rings. The molecular weight excluding hydrogens is 292 g/mol. The van der Waals surface area contributed by atoms with Gasteiger partial charge in [0.1, 0.15) is 0 Å². The van der Waals surface area contributed by atoms with Gasteiger partial charge in [0, 0.05) is 29.3 Å². The molecule has 5 heteroatoms. The highest BCUT2D eigenvalue weighted by atomic mass is 35.5. The van der Waals surface area contributed by atoms with Crippen LogP contribution in [0, 0.1) is 6.92 Å². The molecule has 1 N–H and O–H groups in total. The molecule has 0 saturated carbocycles. The minimum absolute atomic E-state index is 0. The van der Waals surface area contributed by atoms with Gasteiger partial charge in [-0.25, -0.2) is 0 Å². The molecule has 1 aliphatic rings. The van der Waals surface area contributed by atoms with E-state index >= 15 is 0 Å². The zero-order valence-corrected chi connectivity index (χ0v) is 14.0. The summed E-state index contributed by atoms with van der Waals surface area (Å²) >= 11 is 1.84. The highest BCUT2D eigenvalue weighted by Crippen LogP contribution is 2.18. The van der Waals surface area contributed by atoms with Gasteiger partial charge in [0.2, 0.25) is 5.91 Å². The number of hydrogen-bond donors (Lipinski definition) is 1. The summed E-state index contributed by atoms with van der Waals surface area (Å²) in [4.78, 5) is 16.9. The normalized spacial score (nSPS) is 15.7. The number of thiophene rings is 1. The Labute approximate surface area is 132 Å². The molecule has 1 amide bonds. The predicted molar refractivity (Wildman–Crippen MR) is 87.9 cm³/mol. The standard InChI is InChI=1S/C15H24N2OS.ClH/c1-12-6-7-14(19-12)4-3-5-15(18)17(2)13-8-10-16-11-9-13;/h6-7,13,16H,3-5,8-11H2,1-2H3;1H. The van der Waals surface area contributed by atoms with Gasteiger partial charge in [0.25, 0.3) is 0 Å². The molecule has 1 aromatic heterocycles. The average Bonchev–Trinajstić information content (AvgIpc) is 2.84. The first-order valence-corrected chi connectivity index (χ1v) is 8.00. The van der Waals surface area contributed by atoms with E-state index in [0.29, 0.717) is 18.4 Å². The highest BCUT2D eigenvalue weighted by molar-refractivity contribution is 7.11. The molecule has 0 radical (unpaired) electrons. The lowest BCUT2D eigenvalue weighted by Gasteiger charge is -2.31. The lowest BCUT2D eigenvalue weighted by atomic mass is 10.0. The van der Waals surface area contributed by atoms with E-state index in [9.17, 15) is 4.79 Å². The Kier molecular flexibility index (Phi) is 7.56. The van der Waals surface area contributed by atoms with E-state index in [4.69, 9.17) is 0 Å². The van der Waals surface area contributed by atoms with E-state index in [-0.39, 0.29) is 12.4 Å². The molecule has 0 aromatic carbocycles. The first kappa shape index (κ1) is 17.5.